The van der Waals surface area contributed by atoms with Gasteiger partial charge in [0, 0.05) is 38.3 Å². The summed E-state index contributed by atoms with van der Waals surface area (Å²) in [5.41, 5.74) is 0. The molecular weight excluding hydrogens is 192 g/mol. The minimum absolute atomic E-state index is 0.0514. The molecule has 82 valence electrons. The number of hydrogen-bond donors (Lipinski definition) is 1. The fourth-order valence-corrected chi connectivity index (χ4v) is 1.22. The molecule has 1 aromatic heterocycles. The van der Waals surface area contributed by atoms with Gasteiger partial charge in [-0.05, 0) is 19.1 Å². The number of nitrogens with one attached hydrogen (secondary N) is 1. The molecule has 15 heavy (non-hydrogen) atoms. The molecule has 4 heteroatoms. The zero-order valence-corrected chi connectivity index (χ0v) is 8.90. The molecule has 4 nitrogen and oxygen atoms in total. The lowest BCUT2D eigenvalue weighted by molar-refractivity contribution is -0.124. The van der Waals surface area contributed by atoms with Crippen molar-refractivity contribution in [2.75, 3.05) is 6.54 Å². The van der Waals surface area contributed by atoms with Crippen LogP contribution in [0.2, 0.25) is 0 Å². The van der Waals surface area contributed by atoms with Gasteiger partial charge in [0.15, 0.2) is 0 Å². The van der Waals surface area contributed by atoms with Crippen molar-refractivity contribution in [2.45, 2.75) is 26.3 Å². The first-order valence-electron chi connectivity index (χ1n) is 5.05. The Balaban J connectivity index is 2.09. The predicted molar refractivity (Wildman–Crippen MR) is 57.4 cm³/mol. The van der Waals surface area contributed by atoms with Gasteiger partial charge in [0.2, 0.25) is 5.91 Å². The van der Waals surface area contributed by atoms with E-state index in [2.05, 4.69) is 5.32 Å². The number of carbonyl (C=O) groups excluding carboxylic acids is 2. The molecule has 0 aliphatic heterocycles. The molecular formula is C11H16N2O2. The van der Waals surface area contributed by atoms with Crippen molar-refractivity contribution in [3.63, 3.8) is 0 Å². The first-order chi connectivity index (χ1) is 7.18. The minimum atomic E-state index is -0.0580. The SMILES string of the molecule is CC(=O)CCC(=O)NCCn1cccc1. The van der Waals surface area contributed by atoms with E-state index in [1.165, 1.54) is 6.92 Å². The van der Waals surface area contributed by atoms with Gasteiger partial charge in [0.25, 0.3) is 0 Å². The predicted octanol–water partition coefficient (Wildman–Crippen LogP) is 0.973. The van der Waals surface area contributed by atoms with Crippen LogP contribution in [-0.2, 0) is 16.1 Å². The van der Waals surface area contributed by atoms with Crippen LogP contribution in [0.4, 0.5) is 0 Å². The summed E-state index contributed by atoms with van der Waals surface area (Å²) in [5, 5.41) is 2.76. The largest absolute Gasteiger partial charge is 0.354 e. The quantitative estimate of drug-likeness (QED) is 0.757. The molecule has 0 atom stereocenters. The summed E-state index contributed by atoms with van der Waals surface area (Å²) in [6.07, 6.45) is 4.51. The average Bonchev–Trinajstić information content (AvgIpc) is 2.67. The molecule has 1 aromatic rings. The van der Waals surface area contributed by atoms with Gasteiger partial charge in [-0.3, -0.25) is 4.79 Å². The minimum Gasteiger partial charge on any atom is -0.354 e. The third-order valence-corrected chi connectivity index (χ3v) is 2.06. The highest BCUT2D eigenvalue weighted by Gasteiger charge is 2.02. The standard InChI is InChI=1S/C11H16N2O2/c1-10(14)4-5-11(15)12-6-9-13-7-2-3-8-13/h2-3,7-8H,4-6,9H2,1H3,(H,12,15). The number of amides is 1. The van der Waals surface area contributed by atoms with Gasteiger partial charge in [0.1, 0.15) is 5.78 Å². The number of aromatic nitrogens is 1. The number of nitrogens with zero attached hydrogens (tertiary/aromatic N) is 1. The van der Waals surface area contributed by atoms with Gasteiger partial charge >= 0.3 is 0 Å². The molecule has 0 fully saturated rings. The first-order valence-corrected chi connectivity index (χ1v) is 5.05. The van der Waals surface area contributed by atoms with Crippen LogP contribution < -0.4 is 5.32 Å². The number of rotatable bonds is 6. The topological polar surface area (TPSA) is 51.1 Å². The van der Waals surface area contributed by atoms with Gasteiger partial charge in [-0.15, -0.1) is 0 Å². The Hall–Kier alpha value is -1.58. The third kappa shape index (κ3) is 5.00. The molecule has 1 amide bonds. The molecule has 0 unspecified atom stereocenters. The molecule has 0 aromatic carbocycles. The lowest BCUT2D eigenvalue weighted by atomic mass is 10.2. The number of carbonyl (C=O) groups is 2. The van der Waals surface area contributed by atoms with Gasteiger partial charge in [0.05, 0.1) is 0 Å². The summed E-state index contributed by atoms with van der Waals surface area (Å²) in [6, 6.07) is 3.88. The number of ketones is 1. The summed E-state index contributed by atoms with van der Waals surface area (Å²) >= 11 is 0. The average molecular weight is 208 g/mol. The van der Waals surface area contributed by atoms with Gasteiger partial charge in [-0.2, -0.15) is 0 Å². The second-order valence-electron chi connectivity index (χ2n) is 3.47. The number of hydrogen-bond acceptors (Lipinski definition) is 2. The van der Waals surface area contributed by atoms with E-state index in [0.29, 0.717) is 19.4 Å². The maximum Gasteiger partial charge on any atom is 0.220 e. The Morgan fingerprint density at radius 2 is 1.87 bits per heavy atom. The van der Waals surface area contributed by atoms with E-state index < -0.39 is 0 Å². The Morgan fingerprint density at radius 1 is 1.20 bits per heavy atom. The van der Waals surface area contributed by atoms with Gasteiger partial charge in [-0.25, -0.2) is 0 Å². The zero-order chi connectivity index (χ0) is 11.1. The fourth-order valence-electron chi connectivity index (χ4n) is 1.22. The van der Waals surface area contributed by atoms with Gasteiger partial charge in [-0.1, -0.05) is 0 Å². The molecule has 0 spiro atoms. The number of Topliss-reactive ketones (excluding diaryl/α,β-unsaturated/α-hetero) is 1. The molecule has 0 radical (unpaired) electrons. The van der Waals surface area contributed by atoms with Crippen LogP contribution in [0.15, 0.2) is 24.5 Å². The van der Waals surface area contributed by atoms with Crippen molar-refractivity contribution in [1.82, 2.24) is 9.88 Å². The molecule has 0 saturated heterocycles. The summed E-state index contributed by atoms with van der Waals surface area (Å²) in [5.74, 6) is -0.00656. The highest BCUT2D eigenvalue weighted by molar-refractivity contribution is 5.83. The van der Waals surface area contributed by atoms with E-state index in [9.17, 15) is 9.59 Å². The van der Waals surface area contributed by atoms with E-state index in [-0.39, 0.29) is 11.7 Å². The lowest BCUT2D eigenvalue weighted by Gasteiger charge is -2.05. The fraction of sp³-hybridized carbons (Fsp3) is 0.455. The van der Waals surface area contributed by atoms with Crippen molar-refractivity contribution in [3.8, 4) is 0 Å². The summed E-state index contributed by atoms with van der Waals surface area (Å²) < 4.78 is 1.99. The highest BCUT2D eigenvalue weighted by Crippen LogP contribution is 1.91. The van der Waals surface area contributed by atoms with E-state index in [4.69, 9.17) is 0 Å². The van der Waals surface area contributed by atoms with Crippen LogP contribution in [0.25, 0.3) is 0 Å². The lowest BCUT2D eigenvalue weighted by Crippen LogP contribution is -2.27. The van der Waals surface area contributed by atoms with E-state index >= 15 is 0 Å². The molecule has 0 saturated carbocycles. The summed E-state index contributed by atoms with van der Waals surface area (Å²) in [7, 11) is 0. The van der Waals surface area contributed by atoms with E-state index in [0.717, 1.165) is 6.54 Å². The molecule has 0 bridgehead atoms. The molecule has 1 rings (SSSR count). The molecule has 0 aliphatic rings. The first kappa shape index (κ1) is 11.5. The second kappa shape index (κ2) is 6.01. The molecule has 0 aliphatic carbocycles. The van der Waals surface area contributed by atoms with Crippen LogP contribution in [0, 0.1) is 0 Å². The van der Waals surface area contributed by atoms with E-state index in [1.54, 1.807) is 0 Å². The van der Waals surface area contributed by atoms with Crippen molar-refractivity contribution >= 4 is 11.7 Å². The Kier molecular flexibility index (Phi) is 4.60. The van der Waals surface area contributed by atoms with E-state index in [1.807, 2.05) is 29.1 Å². The van der Waals surface area contributed by atoms with Gasteiger partial charge < -0.3 is 14.7 Å². The molecule has 1 heterocycles. The maximum atomic E-state index is 11.2. The summed E-state index contributed by atoms with van der Waals surface area (Å²) in [6.45, 7) is 2.86. The third-order valence-electron chi connectivity index (χ3n) is 2.06. The van der Waals surface area contributed by atoms with Crippen molar-refractivity contribution in [3.05, 3.63) is 24.5 Å². The second-order valence-corrected chi connectivity index (χ2v) is 3.47. The van der Waals surface area contributed by atoms with Crippen LogP contribution in [-0.4, -0.2) is 22.8 Å². The van der Waals surface area contributed by atoms with Crippen LogP contribution >= 0.6 is 0 Å². The maximum absolute atomic E-state index is 11.2. The van der Waals surface area contributed by atoms with Crippen molar-refractivity contribution < 1.29 is 9.59 Å². The van der Waals surface area contributed by atoms with Crippen molar-refractivity contribution in [2.24, 2.45) is 0 Å². The summed E-state index contributed by atoms with van der Waals surface area (Å²) in [4.78, 5) is 21.8. The van der Waals surface area contributed by atoms with Crippen molar-refractivity contribution in [1.29, 1.82) is 0 Å². The molecule has 1 N–H and O–H groups in total. The van der Waals surface area contributed by atoms with Crippen LogP contribution in [0.1, 0.15) is 19.8 Å². The van der Waals surface area contributed by atoms with Crippen LogP contribution in [0.3, 0.4) is 0 Å². The smallest absolute Gasteiger partial charge is 0.220 e. The van der Waals surface area contributed by atoms with Crippen LogP contribution in [0.5, 0.6) is 0 Å². The Morgan fingerprint density at radius 3 is 2.47 bits per heavy atom. The highest BCUT2D eigenvalue weighted by atomic mass is 16.2. The Labute approximate surface area is 89.3 Å². The normalized spacial score (nSPS) is 9.93. The monoisotopic (exact) mass is 208 g/mol. The Bertz CT molecular complexity index is 317. The zero-order valence-electron chi connectivity index (χ0n) is 8.90.